The number of fused-ring (bicyclic) bond motifs is 1. The average Bonchev–Trinajstić information content (AvgIpc) is 3.59. The van der Waals surface area contributed by atoms with E-state index in [1.54, 1.807) is 23.9 Å². The molecule has 6 nitrogen and oxygen atoms in total. The minimum absolute atomic E-state index is 0.192. The van der Waals surface area contributed by atoms with Gasteiger partial charge in [0.15, 0.2) is 0 Å². The summed E-state index contributed by atoms with van der Waals surface area (Å²) in [5.74, 6) is -0.384. The third-order valence-electron chi connectivity index (χ3n) is 10.4. The summed E-state index contributed by atoms with van der Waals surface area (Å²) in [4.78, 5) is 35.8. The monoisotopic (exact) mass is 706 g/mol. The van der Waals surface area contributed by atoms with Gasteiger partial charge in [0.25, 0.3) is 11.8 Å². The van der Waals surface area contributed by atoms with Gasteiger partial charge in [-0.25, -0.2) is 0 Å². The molecule has 6 heteroatoms. The molecule has 0 aliphatic carbocycles. The first-order valence-corrected chi connectivity index (χ1v) is 18.2. The average molecular weight is 707 g/mol. The number of rotatable bonds is 8. The van der Waals surface area contributed by atoms with E-state index in [-0.39, 0.29) is 11.8 Å². The van der Waals surface area contributed by atoms with Gasteiger partial charge in [0.05, 0.1) is 22.5 Å². The van der Waals surface area contributed by atoms with E-state index in [1.807, 2.05) is 24.3 Å². The number of benzene rings is 6. The zero-order chi connectivity index (χ0) is 37.7. The Morgan fingerprint density at radius 3 is 0.759 bits per heavy atom. The van der Waals surface area contributed by atoms with Crippen molar-refractivity contribution in [3.8, 4) is 0 Å². The number of anilines is 6. The Morgan fingerprint density at radius 2 is 0.537 bits per heavy atom. The topological polar surface area (TPSA) is 47.1 Å². The van der Waals surface area contributed by atoms with E-state index in [9.17, 15) is 9.59 Å². The Bertz CT molecular complexity index is 2180. The molecule has 8 rings (SSSR count). The van der Waals surface area contributed by atoms with Crippen LogP contribution in [0.25, 0.3) is 11.4 Å². The van der Waals surface area contributed by atoms with Crippen molar-refractivity contribution >= 4 is 57.3 Å². The first-order valence-electron chi connectivity index (χ1n) is 18.2. The van der Waals surface area contributed by atoms with Crippen LogP contribution >= 0.6 is 0 Å². The zero-order valence-corrected chi connectivity index (χ0v) is 31.5. The van der Waals surface area contributed by atoms with E-state index in [4.69, 9.17) is 0 Å². The second-order valence-corrected chi connectivity index (χ2v) is 14.3. The number of hydrogen-bond acceptors (Lipinski definition) is 4. The van der Waals surface area contributed by atoms with Crippen molar-refractivity contribution in [1.82, 2.24) is 9.80 Å². The van der Waals surface area contributed by atoms with Gasteiger partial charge in [-0.1, -0.05) is 95.1 Å². The van der Waals surface area contributed by atoms with Crippen LogP contribution in [0.1, 0.15) is 33.4 Å². The minimum Gasteiger partial charge on any atom is -0.311 e. The fraction of sp³-hybridized carbons (Fsp3) is 0.125. The van der Waals surface area contributed by atoms with Gasteiger partial charge in [-0.3, -0.25) is 9.59 Å². The Labute approximate surface area is 317 Å². The fourth-order valence-corrected chi connectivity index (χ4v) is 7.41. The van der Waals surface area contributed by atoms with Crippen molar-refractivity contribution in [3.63, 3.8) is 0 Å². The van der Waals surface area contributed by atoms with E-state index in [2.05, 4.69) is 159 Å². The molecule has 0 bridgehead atoms. The molecule has 0 spiro atoms. The SMILES string of the molecule is Cc1ccc(N(c2ccc(C)cc2)c2ccc(C3=C4C(=O)N(C)C(c5ccc(N(c6ccc(C)cc6)c6ccc(C)cc6)cc5)=C4C(=O)N3C)cc2)cc1. The minimum atomic E-state index is -0.192. The fourth-order valence-electron chi connectivity index (χ4n) is 7.41. The predicted octanol–water partition coefficient (Wildman–Crippen LogP) is 10.9. The lowest BCUT2D eigenvalue weighted by Gasteiger charge is -2.26. The molecule has 2 aliphatic heterocycles. The van der Waals surface area contributed by atoms with Crippen LogP contribution in [0.2, 0.25) is 0 Å². The molecule has 266 valence electrons. The van der Waals surface area contributed by atoms with Gasteiger partial charge in [-0.2, -0.15) is 0 Å². The molecular formula is C48H42N4O2. The highest BCUT2D eigenvalue weighted by molar-refractivity contribution is 6.30. The number of aryl methyl sites for hydroxylation is 4. The maximum atomic E-state index is 14.1. The van der Waals surface area contributed by atoms with Gasteiger partial charge >= 0.3 is 0 Å². The largest absolute Gasteiger partial charge is 0.311 e. The summed E-state index contributed by atoms with van der Waals surface area (Å²) in [6.07, 6.45) is 0. The highest BCUT2D eigenvalue weighted by atomic mass is 16.2. The summed E-state index contributed by atoms with van der Waals surface area (Å²) < 4.78 is 0. The number of hydrogen-bond donors (Lipinski definition) is 0. The molecule has 0 unspecified atom stereocenters. The van der Waals surface area contributed by atoms with Crippen LogP contribution in [0, 0.1) is 27.7 Å². The number of amides is 2. The molecule has 6 aromatic carbocycles. The van der Waals surface area contributed by atoms with Gasteiger partial charge < -0.3 is 19.6 Å². The van der Waals surface area contributed by atoms with E-state index >= 15 is 0 Å². The molecule has 0 radical (unpaired) electrons. The van der Waals surface area contributed by atoms with Gasteiger partial charge in [-0.05, 0) is 112 Å². The lowest BCUT2D eigenvalue weighted by atomic mass is 10.0. The standard InChI is InChI=1S/C48H42N4O2/c1-31-7-19-37(20-8-31)51(38-21-9-32(2)10-22-38)41-27-15-35(16-28-41)45-43-44(48(54)49(45)5)46(50(6)47(43)53)36-17-29-42(30-18-36)52(39-23-11-33(3)12-24-39)40-25-13-34(4)14-26-40/h7-30H,1-6H3. The van der Waals surface area contributed by atoms with Gasteiger partial charge in [0.1, 0.15) is 0 Å². The van der Waals surface area contributed by atoms with Crippen LogP contribution in [0.4, 0.5) is 34.1 Å². The summed E-state index contributed by atoms with van der Waals surface area (Å²) in [6.45, 7) is 8.34. The third-order valence-corrected chi connectivity index (χ3v) is 10.4. The van der Waals surface area contributed by atoms with Gasteiger partial charge in [0.2, 0.25) is 0 Å². The predicted molar refractivity (Wildman–Crippen MR) is 221 cm³/mol. The summed E-state index contributed by atoms with van der Waals surface area (Å²) in [6, 6.07) is 50.1. The highest BCUT2D eigenvalue weighted by Crippen LogP contribution is 2.46. The quantitative estimate of drug-likeness (QED) is 0.158. The second kappa shape index (κ2) is 13.7. The molecule has 0 atom stereocenters. The first kappa shape index (κ1) is 34.4. The van der Waals surface area contributed by atoms with Crippen LogP contribution in [0.3, 0.4) is 0 Å². The van der Waals surface area contributed by atoms with Crippen LogP contribution in [0.15, 0.2) is 157 Å². The van der Waals surface area contributed by atoms with Crippen LogP contribution in [0.5, 0.6) is 0 Å². The Hall–Kier alpha value is -6.66. The maximum Gasteiger partial charge on any atom is 0.261 e. The molecule has 0 saturated carbocycles. The van der Waals surface area contributed by atoms with E-state index in [1.165, 1.54) is 22.3 Å². The lowest BCUT2D eigenvalue weighted by molar-refractivity contribution is -0.123. The maximum absolute atomic E-state index is 14.1. The molecule has 2 heterocycles. The van der Waals surface area contributed by atoms with Crippen molar-refractivity contribution in [2.45, 2.75) is 27.7 Å². The van der Waals surface area contributed by atoms with Crippen molar-refractivity contribution < 1.29 is 9.59 Å². The molecule has 54 heavy (non-hydrogen) atoms. The Morgan fingerprint density at radius 1 is 0.333 bits per heavy atom. The normalized spacial score (nSPS) is 14.0. The molecule has 0 fully saturated rings. The molecule has 2 amide bonds. The van der Waals surface area contributed by atoms with Gasteiger partial charge in [-0.15, -0.1) is 0 Å². The summed E-state index contributed by atoms with van der Waals surface area (Å²) in [5.41, 5.74) is 14.6. The second-order valence-electron chi connectivity index (χ2n) is 14.3. The highest BCUT2D eigenvalue weighted by Gasteiger charge is 2.46. The summed E-state index contributed by atoms with van der Waals surface area (Å²) in [5, 5.41) is 0. The zero-order valence-electron chi connectivity index (χ0n) is 31.5. The van der Waals surface area contributed by atoms with Crippen LogP contribution in [-0.2, 0) is 9.59 Å². The van der Waals surface area contributed by atoms with Crippen LogP contribution in [-0.4, -0.2) is 35.7 Å². The Kier molecular flexibility index (Phi) is 8.74. The number of likely N-dealkylation sites (N-methyl/N-ethyl adjacent to an activating group) is 2. The van der Waals surface area contributed by atoms with E-state index < -0.39 is 0 Å². The lowest BCUT2D eigenvalue weighted by Crippen LogP contribution is -2.25. The van der Waals surface area contributed by atoms with Crippen molar-refractivity contribution in [2.24, 2.45) is 0 Å². The molecule has 0 N–H and O–H groups in total. The molecular weight excluding hydrogens is 665 g/mol. The van der Waals surface area contributed by atoms with E-state index in [0.717, 1.165) is 45.3 Å². The smallest absolute Gasteiger partial charge is 0.261 e. The van der Waals surface area contributed by atoms with Crippen molar-refractivity contribution in [3.05, 3.63) is 190 Å². The first-order chi connectivity index (χ1) is 26.1. The molecule has 2 aliphatic rings. The number of nitrogens with zero attached hydrogens (tertiary/aromatic N) is 4. The summed E-state index contributed by atoms with van der Waals surface area (Å²) >= 11 is 0. The third kappa shape index (κ3) is 6.05. The van der Waals surface area contributed by atoms with Crippen LogP contribution < -0.4 is 9.80 Å². The number of carbonyl (C=O) groups is 2. The van der Waals surface area contributed by atoms with E-state index in [0.29, 0.717) is 22.5 Å². The Balaban J connectivity index is 1.17. The molecule has 0 saturated heterocycles. The van der Waals surface area contributed by atoms with Gasteiger partial charge in [0, 0.05) is 48.2 Å². The summed E-state index contributed by atoms with van der Waals surface area (Å²) in [7, 11) is 3.51. The molecule has 6 aromatic rings. The number of carbonyl (C=O) groups excluding carboxylic acids is 2. The van der Waals surface area contributed by atoms with Crippen molar-refractivity contribution in [2.75, 3.05) is 23.9 Å². The van der Waals surface area contributed by atoms with Crippen molar-refractivity contribution in [1.29, 1.82) is 0 Å². The molecule has 0 aromatic heterocycles.